The highest BCUT2D eigenvalue weighted by Gasteiger charge is 1.95. The SMILES string of the molecule is C/C(=C\c1ccccc1O)CN=[N+]=[N-]. The summed E-state index contributed by atoms with van der Waals surface area (Å²) in [5.74, 6) is 0.229. The average Bonchev–Trinajstić information content (AvgIpc) is 2.18. The Morgan fingerprint density at radius 1 is 1.57 bits per heavy atom. The maximum atomic E-state index is 9.44. The van der Waals surface area contributed by atoms with Gasteiger partial charge in [0.25, 0.3) is 0 Å². The van der Waals surface area contributed by atoms with Gasteiger partial charge in [-0.05, 0) is 18.5 Å². The molecule has 0 aliphatic carbocycles. The van der Waals surface area contributed by atoms with Crippen molar-refractivity contribution in [1.29, 1.82) is 0 Å². The summed E-state index contributed by atoms with van der Waals surface area (Å²) in [6, 6.07) is 7.02. The minimum absolute atomic E-state index is 0.229. The summed E-state index contributed by atoms with van der Waals surface area (Å²) in [5, 5.41) is 12.9. The maximum absolute atomic E-state index is 9.44. The van der Waals surface area contributed by atoms with E-state index in [1.807, 2.05) is 13.0 Å². The van der Waals surface area contributed by atoms with Gasteiger partial charge >= 0.3 is 0 Å². The van der Waals surface area contributed by atoms with E-state index in [1.165, 1.54) is 0 Å². The smallest absolute Gasteiger partial charge is 0.122 e. The van der Waals surface area contributed by atoms with Gasteiger partial charge in [-0.2, -0.15) is 0 Å². The minimum atomic E-state index is 0.229. The molecule has 0 aliphatic rings. The second-order valence-corrected chi connectivity index (χ2v) is 2.94. The third kappa shape index (κ3) is 2.84. The maximum Gasteiger partial charge on any atom is 0.122 e. The highest BCUT2D eigenvalue weighted by molar-refractivity contribution is 5.59. The molecular formula is C10H11N3O. The van der Waals surface area contributed by atoms with Crippen molar-refractivity contribution in [2.24, 2.45) is 5.11 Å². The number of benzene rings is 1. The van der Waals surface area contributed by atoms with E-state index in [2.05, 4.69) is 10.0 Å². The molecule has 0 unspecified atom stereocenters. The average molecular weight is 189 g/mol. The zero-order valence-electron chi connectivity index (χ0n) is 7.88. The van der Waals surface area contributed by atoms with Crippen LogP contribution in [0.5, 0.6) is 5.75 Å². The van der Waals surface area contributed by atoms with Crippen molar-refractivity contribution >= 4 is 6.08 Å². The van der Waals surface area contributed by atoms with Crippen molar-refractivity contribution in [2.75, 3.05) is 6.54 Å². The summed E-state index contributed by atoms with van der Waals surface area (Å²) in [5.41, 5.74) is 9.76. The number of phenols is 1. The fourth-order valence-corrected chi connectivity index (χ4v) is 1.06. The van der Waals surface area contributed by atoms with E-state index in [4.69, 9.17) is 5.53 Å². The molecule has 4 heteroatoms. The molecule has 0 aromatic heterocycles. The van der Waals surface area contributed by atoms with Gasteiger partial charge in [-0.3, -0.25) is 0 Å². The normalized spacial score (nSPS) is 10.8. The molecular weight excluding hydrogens is 178 g/mol. The Morgan fingerprint density at radius 3 is 2.93 bits per heavy atom. The summed E-state index contributed by atoms with van der Waals surface area (Å²) in [6.45, 7) is 2.17. The van der Waals surface area contributed by atoms with Gasteiger partial charge in [0.05, 0.1) is 0 Å². The van der Waals surface area contributed by atoms with Crippen LogP contribution in [-0.2, 0) is 0 Å². The van der Waals surface area contributed by atoms with Crippen molar-refractivity contribution in [3.63, 3.8) is 0 Å². The lowest BCUT2D eigenvalue weighted by Crippen LogP contribution is -1.81. The number of phenolic OH excluding ortho intramolecular Hbond substituents is 1. The lowest BCUT2D eigenvalue weighted by atomic mass is 10.1. The molecule has 0 aliphatic heterocycles. The molecule has 4 nitrogen and oxygen atoms in total. The van der Waals surface area contributed by atoms with Crippen LogP contribution in [0, 0.1) is 0 Å². The van der Waals surface area contributed by atoms with E-state index in [9.17, 15) is 5.11 Å². The molecule has 0 spiro atoms. The highest BCUT2D eigenvalue weighted by Crippen LogP contribution is 2.18. The summed E-state index contributed by atoms with van der Waals surface area (Å²) in [6.07, 6.45) is 1.80. The number of aromatic hydroxyl groups is 1. The number of hydrogen-bond acceptors (Lipinski definition) is 2. The Labute approximate surface area is 82.1 Å². The first-order chi connectivity index (χ1) is 6.74. The number of para-hydroxylation sites is 1. The van der Waals surface area contributed by atoms with E-state index in [0.717, 1.165) is 11.1 Å². The molecule has 0 saturated heterocycles. The van der Waals surface area contributed by atoms with Crippen molar-refractivity contribution in [3.8, 4) is 5.75 Å². The fourth-order valence-electron chi connectivity index (χ4n) is 1.06. The van der Waals surface area contributed by atoms with Gasteiger partial charge < -0.3 is 5.11 Å². The summed E-state index contributed by atoms with van der Waals surface area (Å²) in [4.78, 5) is 2.66. The Morgan fingerprint density at radius 2 is 2.29 bits per heavy atom. The van der Waals surface area contributed by atoms with Crippen LogP contribution < -0.4 is 0 Å². The highest BCUT2D eigenvalue weighted by atomic mass is 16.3. The molecule has 0 atom stereocenters. The molecule has 0 fully saturated rings. The molecule has 1 rings (SSSR count). The van der Waals surface area contributed by atoms with E-state index in [-0.39, 0.29) is 5.75 Å². The predicted octanol–water partition coefficient (Wildman–Crippen LogP) is 3.11. The van der Waals surface area contributed by atoms with Gasteiger partial charge in [0, 0.05) is 17.0 Å². The molecule has 1 N–H and O–H groups in total. The number of hydrogen-bond donors (Lipinski definition) is 1. The van der Waals surface area contributed by atoms with E-state index in [1.54, 1.807) is 24.3 Å². The first kappa shape index (κ1) is 10.2. The van der Waals surface area contributed by atoms with Crippen LogP contribution >= 0.6 is 0 Å². The molecule has 0 bridgehead atoms. The van der Waals surface area contributed by atoms with Crippen LogP contribution in [0.15, 0.2) is 35.0 Å². The van der Waals surface area contributed by atoms with Crippen LogP contribution in [0.2, 0.25) is 0 Å². The Kier molecular flexibility index (Phi) is 3.58. The second-order valence-electron chi connectivity index (χ2n) is 2.94. The van der Waals surface area contributed by atoms with Crippen molar-refractivity contribution in [1.82, 2.24) is 0 Å². The lowest BCUT2D eigenvalue weighted by Gasteiger charge is -1.99. The fraction of sp³-hybridized carbons (Fsp3) is 0.200. The summed E-state index contributed by atoms with van der Waals surface area (Å²) in [7, 11) is 0. The zero-order chi connectivity index (χ0) is 10.4. The van der Waals surface area contributed by atoms with Crippen LogP contribution in [0.25, 0.3) is 16.5 Å². The van der Waals surface area contributed by atoms with E-state index in [0.29, 0.717) is 6.54 Å². The summed E-state index contributed by atoms with van der Waals surface area (Å²) < 4.78 is 0. The van der Waals surface area contributed by atoms with Crippen LogP contribution in [-0.4, -0.2) is 11.7 Å². The van der Waals surface area contributed by atoms with Crippen LogP contribution in [0.1, 0.15) is 12.5 Å². The molecule has 1 aromatic carbocycles. The largest absolute Gasteiger partial charge is 0.507 e. The zero-order valence-corrected chi connectivity index (χ0v) is 7.88. The Balaban J connectivity index is 2.85. The quantitative estimate of drug-likeness (QED) is 0.443. The van der Waals surface area contributed by atoms with Gasteiger partial charge in [-0.15, -0.1) is 0 Å². The molecule has 0 radical (unpaired) electrons. The van der Waals surface area contributed by atoms with Gasteiger partial charge in [-0.25, -0.2) is 0 Å². The third-order valence-electron chi connectivity index (χ3n) is 1.72. The van der Waals surface area contributed by atoms with Crippen molar-refractivity contribution in [3.05, 3.63) is 45.8 Å². The first-order valence-corrected chi connectivity index (χ1v) is 4.20. The van der Waals surface area contributed by atoms with E-state index < -0.39 is 0 Å². The van der Waals surface area contributed by atoms with E-state index >= 15 is 0 Å². The monoisotopic (exact) mass is 189 g/mol. The molecule has 72 valence electrons. The Bertz CT molecular complexity index is 392. The second kappa shape index (κ2) is 4.94. The first-order valence-electron chi connectivity index (χ1n) is 4.20. The number of rotatable bonds is 3. The third-order valence-corrected chi connectivity index (χ3v) is 1.72. The number of nitrogens with zero attached hydrogens (tertiary/aromatic N) is 3. The standard InChI is InChI=1S/C10H11N3O/c1-8(7-12-13-11)6-9-4-2-3-5-10(9)14/h2-6,14H,7H2,1H3/b8-6+. The van der Waals surface area contributed by atoms with Crippen LogP contribution in [0.4, 0.5) is 0 Å². The topological polar surface area (TPSA) is 69.0 Å². The molecule has 0 heterocycles. The number of azide groups is 1. The van der Waals surface area contributed by atoms with Gasteiger partial charge in [0.15, 0.2) is 0 Å². The van der Waals surface area contributed by atoms with Crippen LogP contribution in [0.3, 0.4) is 0 Å². The molecule has 0 saturated carbocycles. The molecule has 0 amide bonds. The van der Waals surface area contributed by atoms with Gasteiger partial charge in [0.2, 0.25) is 0 Å². The van der Waals surface area contributed by atoms with Crippen molar-refractivity contribution in [2.45, 2.75) is 6.92 Å². The minimum Gasteiger partial charge on any atom is -0.507 e. The summed E-state index contributed by atoms with van der Waals surface area (Å²) >= 11 is 0. The Hall–Kier alpha value is -1.93. The van der Waals surface area contributed by atoms with Gasteiger partial charge in [0.1, 0.15) is 5.75 Å². The molecule has 1 aromatic rings. The molecule has 14 heavy (non-hydrogen) atoms. The lowest BCUT2D eigenvalue weighted by molar-refractivity contribution is 0.474. The van der Waals surface area contributed by atoms with Gasteiger partial charge in [-0.1, -0.05) is 35.0 Å². The predicted molar refractivity (Wildman–Crippen MR) is 55.8 cm³/mol. The van der Waals surface area contributed by atoms with Crippen molar-refractivity contribution < 1.29 is 5.11 Å².